The maximum absolute atomic E-state index is 12.6. The zero-order valence-corrected chi connectivity index (χ0v) is 13.8. The molecule has 0 fully saturated rings. The molecule has 0 bridgehead atoms. The second-order valence-corrected chi connectivity index (χ2v) is 7.52. The summed E-state index contributed by atoms with van der Waals surface area (Å²) in [6.07, 6.45) is 0. The SMILES string of the molecule is CCOCC(C)NS(=O)(=O)c1c(CN)sc2ccccc12. The standard InChI is InChI=1S/C14H20N2O3S2/c1-3-19-9-10(2)16-21(17,18)14-11-6-4-5-7-12(11)20-13(14)8-15/h4-7,10,16H,3,8-9,15H2,1-2H3. The van der Waals surface area contributed by atoms with Crippen molar-refractivity contribution in [1.82, 2.24) is 4.72 Å². The van der Waals surface area contributed by atoms with Crippen molar-refractivity contribution in [2.75, 3.05) is 13.2 Å². The number of benzene rings is 1. The molecule has 1 aromatic heterocycles. The van der Waals surface area contributed by atoms with Crippen LogP contribution in [0.25, 0.3) is 10.1 Å². The Kier molecular flexibility index (Phi) is 5.34. The Morgan fingerprint density at radius 1 is 1.38 bits per heavy atom. The first-order valence-corrected chi connectivity index (χ1v) is 9.10. The molecule has 0 saturated heterocycles. The summed E-state index contributed by atoms with van der Waals surface area (Å²) in [5.74, 6) is 0. The summed E-state index contributed by atoms with van der Waals surface area (Å²) in [5.41, 5.74) is 5.72. The van der Waals surface area contributed by atoms with Gasteiger partial charge in [-0.05, 0) is 19.9 Å². The average molecular weight is 328 g/mol. The van der Waals surface area contributed by atoms with Crippen molar-refractivity contribution in [2.24, 2.45) is 5.73 Å². The predicted octanol–water partition coefficient (Wildman–Crippen LogP) is 2.06. The molecule has 0 radical (unpaired) electrons. The van der Waals surface area contributed by atoms with Gasteiger partial charge in [0.2, 0.25) is 10.0 Å². The fourth-order valence-corrected chi connectivity index (χ4v) is 5.22. The van der Waals surface area contributed by atoms with Crippen LogP contribution in [0.2, 0.25) is 0 Å². The van der Waals surface area contributed by atoms with E-state index in [1.807, 2.05) is 31.2 Å². The molecule has 0 amide bonds. The summed E-state index contributed by atoms with van der Waals surface area (Å²) in [6.45, 7) is 4.76. The highest BCUT2D eigenvalue weighted by Gasteiger charge is 2.25. The van der Waals surface area contributed by atoms with Crippen LogP contribution >= 0.6 is 11.3 Å². The van der Waals surface area contributed by atoms with Crippen molar-refractivity contribution in [3.63, 3.8) is 0 Å². The predicted molar refractivity (Wildman–Crippen MR) is 86.0 cm³/mol. The fourth-order valence-electron chi connectivity index (χ4n) is 2.15. The second-order valence-electron chi connectivity index (χ2n) is 4.74. The maximum Gasteiger partial charge on any atom is 0.242 e. The van der Waals surface area contributed by atoms with E-state index in [1.165, 1.54) is 11.3 Å². The Labute approximate surface area is 129 Å². The number of nitrogens with one attached hydrogen (secondary N) is 1. The number of ether oxygens (including phenoxy) is 1. The molecule has 116 valence electrons. The first kappa shape index (κ1) is 16.4. The van der Waals surface area contributed by atoms with Crippen LogP contribution in [0.15, 0.2) is 29.2 Å². The molecule has 0 aliphatic carbocycles. The van der Waals surface area contributed by atoms with Crippen molar-refractivity contribution < 1.29 is 13.2 Å². The largest absolute Gasteiger partial charge is 0.380 e. The second kappa shape index (κ2) is 6.85. The number of nitrogens with two attached hydrogens (primary N) is 1. The van der Waals surface area contributed by atoms with E-state index in [2.05, 4.69) is 4.72 Å². The highest BCUT2D eigenvalue weighted by Crippen LogP contribution is 2.34. The Morgan fingerprint density at radius 2 is 2.10 bits per heavy atom. The Balaban J connectivity index is 2.39. The Bertz CT molecular complexity index is 710. The average Bonchev–Trinajstić information content (AvgIpc) is 2.83. The van der Waals surface area contributed by atoms with Crippen molar-refractivity contribution >= 4 is 31.4 Å². The molecule has 0 aliphatic rings. The molecule has 2 rings (SSSR count). The molecule has 21 heavy (non-hydrogen) atoms. The quantitative estimate of drug-likeness (QED) is 0.815. The number of hydrogen-bond donors (Lipinski definition) is 2. The van der Waals surface area contributed by atoms with Gasteiger partial charge in [-0.3, -0.25) is 0 Å². The monoisotopic (exact) mass is 328 g/mol. The zero-order valence-electron chi connectivity index (χ0n) is 12.1. The van der Waals surface area contributed by atoms with E-state index in [9.17, 15) is 8.42 Å². The van der Waals surface area contributed by atoms with E-state index >= 15 is 0 Å². The zero-order chi connectivity index (χ0) is 15.5. The number of hydrogen-bond acceptors (Lipinski definition) is 5. The van der Waals surface area contributed by atoms with E-state index in [1.54, 1.807) is 6.92 Å². The molecule has 5 nitrogen and oxygen atoms in total. The number of sulfonamides is 1. The summed E-state index contributed by atoms with van der Waals surface area (Å²) < 4.78 is 34.1. The van der Waals surface area contributed by atoms with Crippen LogP contribution in [0, 0.1) is 0 Å². The van der Waals surface area contributed by atoms with Gasteiger partial charge >= 0.3 is 0 Å². The van der Waals surface area contributed by atoms with Gasteiger partial charge in [0.25, 0.3) is 0 Å². The smallest absolute Gasteiger partial charge is 0.242 e. The lowest BCUT2D eigenvalue weighted by molar-refractivity contribution is 0.133. The van der Waals surface area contributed by atoms with Crippen LogP contribution in [-0.4, -0.2) is 27.7 Å². The van der Waals surface area contributed by atoms with E-state index < -0.39 is 10.0 Å². The summed E-state index contributed by atoms with van der Waals surface area (Å²) in [4.78, 5) is 0.973. The molecule has 1 aromatic carbocycles. The van der Waals surface area contributed by atoms with Crippen LogP contribution in [0.3, 0.4) is 0 Å². The normalized spacial score (nSPS) is 13.7. The van der Waals surface area contributed by atoms with Crippen molar-refractivity contribution in [1.29, 1.82) is 0 Å². The van der Waals surface area contributed by atoms with Gasteiger partial charge in [0, 0.05) is 34.2 Å². The molecule has 2 aromatic rings. The minimum absolute atomic E-state index is 0.204. The van der Waals surface area contributed by atoms with Gasteiger partial charge in [-0.1, -0.05) is 18.2 Å². The van der Waals surface area contributed by atoms with E-state index in [0.29, 0.717) is 23.0 Å². The number of rotatable bonds is 7. The molecular weight excluding hydrogens is 308 g/mol. The minimum Gasteiger partial charge on any atom is -0.380 e. The Morgan fingerprint density at radius 3 is 2.76 bits per heavy atom. The molecule has 3 N–H and O–H groups in total. The Hall–Kier alpha value is -0.990. The molecule has 1 atom stereocenters. The lowest BCUT2D eigenvalue weighted by Gasteiger charge is -2.14. The molecule has 1 heterocycles. The molecule has 0 aliphatic heterocycles. The number of fused-ring (bicyclic) bond motifs is 1. The van der Waals surface area contributed by atoms with Gasteiger partial charge in [0.05, 0.1) is 6.61 Å². The third kappa shape index (κ3) is 3.61. The number of thiophene rings is 1. The lowest BCUT2D eigenvalue weighted by Crippen LogP contribution is -2.36. The molecule has 1 unspecified atom stereocenters. The van der Waals surface area contributed by atoms with Gasteiger partial charge in [0.1, 0.15) is 4.90 Å². The third-order valence-electron chi connectivity index (χ3n) is 3.00. The first-order chi connectivity index (χ1) is 9.99. The summed E-state index contributed by atoms with van der Waals surface area (Å²) in [6, 6.07) is 7.15. The molecular formula is C14H20N2O3S2. The highest BCUT2D eigenvalue weighted by atomic mass is 32.2. The van der Waals surface area contributed by atoms with Crippen LogP contribution in [0.4, 0.5) is 0 Å². The topological polar surface area (TPSA) is 81.4 Å². The van der Waals surface area contributed by atoms with Crippen LogP contribution < -0.4 is 10.5 Å². The summed E-state index contributed by atoms with van der Waals surface area (Å²) in [7, 11) is -3.62. The van der Waals surface area contributed by atoms with Gasteiger partial charge in [0.15, 0.2) is 0 Å². The summed E-state index contributed by atoms with van der Waals surface area (Å²) >= 11 is 1.42. The maximum atomic E-state index is 12.6. The van der Waals surface area contributed by atoms with Crippen LogP contribution in [0.5, 0.6) is 0 Å². The third-order valence-corrected chi connectivity index (χ3v) is 6.04. The van der Waals surface area contributed by atoms with Gasteiger partial charge in [-0.25, -0.2) is 13.1 Å². The van der Waals surface area contributed by atoms with Gasteiger partial charge in [-0.15, -0.1) is 11.3 Å². The van der Waals surface area contributed by atoms with Crippen molar-refractivity contribution in [2.45, 2.75) is 31.3 Å². The van der Waals surface area contributed by atoms with E-state index in [-0.39, 0.29) is 12.6 Å². The van der Waals surface area contributed by atoms with Crippen molar-refractivity contribution in [3.05, 3.63) is 29.1 Å². The summed E-state index contributed by atoms with van der Waals surface area (Å²) in [5, 5.41) is 0.721. The first-order valence-electron chi connectivity index (χ1n) is 6.80. The van der Waals surface area contributed by atoms with Gasteiger partial charge in [-0.2, -0.15) is 0 Å². The van der Waals surface area contributed by atoms with Crippen LogP contribution in [0.1, 0.15) is 18.7 Å². The van der Waals surface area contributed by atoms with Crippen LogP contribution in [-0.2, 0) is 21.3 Å². The van der Waals surface area contributed by atoms with Crippen molar-refractivity contribution in [3.8, 4) is 0 Å². The van der Waals surface area contributed by atoms with Gasteiger partial charge < -0.3 is 10.5 Å². The highest BCUT2D eigenvalue weighted by molar-refractivity contribution is 7.90. The van der Waals surface area contributed by atoms with E-state index in [0.717, 1.165) is 10.1 Å². The van der Waals surface area contributed by atoms with E-state index in [4.69, 9.17) is 10.5 Å². The molecule has 0 saturated carbocycles. The lowest BCUT2D eigenvalue weighted by atomic mass is 10.2. The molecule has 7 heteroatoms. The minimum atomic E-state index is -3.62. The molecule has 0 spiro atoms. The fraction of sp³-hybridized carbons (Fsp3) is 0.429.